The molecule has 0 aliphatic carbocycles. The van der Waals surface area contributed by atoms with Crippen LogP contribution < -0.4 is 4.72 Å². The number of hydrogen-bond donors (Lipinski definition) is 1. The topological polar surface area (TPSA) is 12.0 Å². The van der Waals surface area contributed by atoms with E-state index in [-0.39, 0.29) is 0 Å². The summed E-state index contributed by atoms with van der Waals surface area (Å²) in [6.45, 7) is 0.965. The SMILES string of the molecule is ClC1CNSC1. The average Bonchev–Trinajstić information content (AvgIpc) is 1.86. The standard InChI is InChI=1S/C3H6ClNS/c4-3-1-5-6-2-3/h3,5H,1-2H2. The first-order valence-electron chi connectivity index (χ1n) is 1.88. The highest BCUT2D eigenvalue weighted by molar-refractivity contribution is 7.97. The first kappa shape index (κ1) is 4.75. The number of hydrogen-bond acceptors (Lipinski definition) is 2. The van der Waals surface area contributed by atoms with Crippen molar-refractivity contribution in [1.82, 2.24) is 4.72 Å². The van der Waals surface area contributed by atoms with E-state index in [0.717, 1.165) is 12.3 Å². The molecule has 1 unspecified atom stereocenters. The van der Waals surface area contributed by atoms with Crippen molar-refractivity contribution in [2.24, 2.45) is 0 Å². The van der Waals surface area contributed by atoms with E-state index < -0.39 is 0 Å². The number of rotatable bonds is 0. The fourth-order valence-corrected chi connectivity index (χ4v) is 1.45. The van der Waals surface area contributed by atoms with Crippen molar-refractivity contribution in [1.29, 1.82) is 0 Å². The molecule has 0 aromatic carbocycles. The van der Waals surface area contributed by atoms with Gasteiger partial charge in [-0.1, -0.05) is 11.9 Å². The molecule has 3 heteroatoms. The Morgan fingerprint density at radius 2 is 2.67 bits per heavy atom. The Balaban J connectivity index is 2.18. The van der Waals surface area contributed by atoms with Gasteiger partial charge in [-0.25, -0.2) is 0 Å². The molecule has 0 amide bonds. The smallest absolute Gasteiger partial charge is 0.0572 e. The van der Waals surface area contributed by atoms with Gasteiger partial charge in [-0.2, -0.15) is 0 Å². The lowest BCUT2D eigenvalue weighted by Crippen LogP contribution is -2.05. The quantitative estimate of drug-likeness (QED) is 0.379. The molecule has 1 aliphatic rings. The highest BCUT2D eigenvalue weighted by Crippen LogP contribution is 2.10. The van der Waals surface area contributed by atoms with Gasteiger partial charge in [0.1, 0.15) is 0 Å². The summed E-state index contributed by atoms with van der Waals surface area (Å²) in [6, 6.07) is 0. The lowest BCUT2D eigenvalue weighted by molar-refractivity contribution is 0.948. The lowest BCUT2D eigenvalue weighted by atomic mass is 10.5. The molecule has 1 saturated heterocycles. The number of alkyl halides is 1. The molecule has 0 saturated carbocycles. The van der Waals surface area contributed by atoms with Crippen LogP contribution in [0.3, 0.4) is 0 Å². The summed E-state index contributed by atoms with van der Waals surface area (Å²) in [5.41, 5.74) is 0. The van der Waals surface area contributed by atoms with Crippen molar-refractivity contribution in [3.63, 3.8) is 0 Å². The highest BCUT2D eigenvalue weighted by atomic mass is 35.5. The van der Waals surface area contributed by atoms with Crippen LogP contribution >= 0.6 is 23.5 Å². The van der Waals surface area contributed by atoms with Gasteiger partial charge in [-0.15, -0.1) is 11.6 Å². The molecule has 1 nitrogen and oxygen atoms in total. The maximum absolute atomic E-state index is 5.63. The second-order valence-corrected chi connectivity index (χ2v) is 2.78. The fourth-order valence-electron chi connectivity index (χ4n) is 0.358. The van der Waals surface area contributed by atoms with E-state index in [0.29, 0.717) is 5.38 Å². The third-order valence-corrected chi connectivity index (χ3v) is 2.10. The van der Waals surface area contributed by atoms with Crippen molar-refractivity contribution in [3.8, 4) is 0 Å². The Labute approximate surface area is 46.6 Å². The van der Waals surface area contributed by atoms with Crippen LogP contribution in [-0.2, 0) is 0 Å². The van der Waals surface area contributed by atoms with Crippen LogP contribution in [0.2, 0.25) is 0 Å². The largest absolute Gasteiger partial charge is 0.263 e. The van der Waals surface area contributed by atoms with Crippen LogP contribution in [0.4, 0.5) is 0 Å². The van der Waals surface area contributed by atoms with Gasteiger partial charge in [0.15, 0.2) is 0 Å². The third-order valence-electron chi connectivity index (χ3n) is 0.671. The Morgan fingerprint density at radius 1 is 1.83 bits per heavy atom. The molecule has 0 aromatic rings. The molecule has 36 valence electrons. The Kier molecular flexibility index (Phi) is 1.62. The summed E-state index contributed by atoms with van der Waals surface area (Å²) in [5, 5.41) is 0.370. The molecule has 1 rings (SSSR count). The molecule has 1 heterocycles. The van der Waals surface area contributed by atoms with Crippen LogP contribution in [0, 0.1) is 0 Å². The summed E-state index contributed by atoms with van der Waals surface area (Å²) in [4.78, 5) is 0. The number of halogens is 1. The first-order chi connectivity index (χ1) is 2.89. The predicted molar refractivity (Wildman–Crippen MR) is 30.1 cm³/mol. The molecule has 0 radical (unpaired) electrons. The normalized spacial score (nSPS) is 34.5. The van der Waals surface area contributed by atoms with E-state index in [1.807, 2.05) is 0 Å². The first-order valence-corrected chi connectivity index (χ1v) is 3.30. The van der Waals surface area contributed by atoms with E-state index in [9.17, 15) is 0 Å². The molecule has 0 aromatic heterocycles. The molecular formula is C3H6ClNS. The molecule has 6 heavy (non-hydrogen) atoms. The van der Waals surface area contributed by atoms with Gasteiger partial charge < -0.3 is 0 Å². The fraction of sp³-hybridized carbons (Fsp3) is 1.00. The van der Waals surface area contributed by atoms with Crippen LogP contribution in [0.1, 0.15) is 0 Å². The van der Waals surface area contributed by atoms with Gasteiger partial charge in [0.25, 0.3) is 0 Å². The summed E-state index contributed by atoms with van der Waals surface area (Å²) >= 11 is 7.33. The molecule has 1 fully saturated rings. The minimum atomic E-state index is 0.370. The third kappa shape index (κ3) is 1.03. The zero-order valence-corrected chi connectivity index (χ0v) is 4.85. The summed E-state index contributed by atoms with van der Waals surface area (Å²) < 4.78 is 3.06. The van der Waals surface area contributed by atoms with Gasteiger partial charge in [0.2, 0.25) is 0 Å². The lowest BCUT2D eigenvalue weighted by Gasteiger charge is -1.85. The van der Waals surface area contributed by atoms with Crippen molar-refractivity contribution >= 4 is 23.5 Å². The Morgan fingerprint density at radius 3 is 2.83 bits per heavy atom. The van der Waals surface area contributed by atoms with Crippen molar-refractivity contribution in [2.45, 2.75) is 5.38 Å². The van der Waals surface area contributed by atoms with Crippen LogP contribution in [0.5, 0.6) is 0 Å². The molecule has 0 bridgehead atoms. The monoisotopic (exact) mass is 123 g/mol. The van der Waals surface area contributed by atoms with Gasteiger partial charge in [-0.05, 0) is 0 Å². The Bertz CT molecular complexity index is 44.1. The van der Waals surface area contributed by atoms with Gasteiger partial charge in [0.05, 0.1) is 5.38 Å². The minimum absolute atomic E-state index is 0.370. The van der Waals surface area contributed by atoms with Crippen LogP contribution in [0.25, 0.3) is 0 Å². The highest BCUT2D eigenvalue weighted by Gasteiger charge is 2.09. The van der Waals surface area contributed by atoms with E-state index >= 15 is 0 Å². The van der Waals surface area contributed by atoms with Gasteiger partial charge in [0, 0.05) is 12.3 Å². The zero-order valence-electron chi connectivity index (χ0n) is 3.28. The second-order valence-electron chi connectivity index (χ2n) is 1.26. The maximum atomic E-state index is 5.63. The Hall–Kier alpha value is 0.600. The summed E-state index contributed by atoms with van der Waals surface area (Å²) in [6.07, 6.45) is 0. The van der Waals surface area contributed by atoms with E-state index in [1.54, 1.807) is 11.9 Å². The van der Waals surface area contributed by atoms with E-state index in [1.165, 1.54) is 0 Å². The maximum Gasteiger partial charge on any atom is 0.0572 e. The van der Waals surface area contributed by atoms with Crippen molar-refractivity contribution in [2.75, 3.05) is 12.3 Å². The summed E-state index contributed by atoms with van der Waals surface area (Å²) in [5.74, 6) is 1.06. The average molecular weight is 124 g/mol. The van der Waals surface area contributed by atoms with Crippen LogP contribution in [0.15, 0.2) is 0 Å². The predicted octanol–water partition coefficient (Wildman–Crippen LogP) is 0.845. The van der Waals surface area contributed by atoms with E-state index in [2.05, 4.69) is 4.72 Å². The second kappa shape index (κ2) is 2.05. The molecule has 1 atom stereocenters. The molecule has 0 spiro atoms. The molecule has 1 N–H and O–H groups in total. The number of nitrogens with one attached hydrogen (secondary N) is 1. The van der Waals surface area contributed by atoms with Crippen molar-refractivity contribution in [3.05, 3.63) is 0 Å². The van der Waals surface area contributed by atoms with Gasteiger partial charge >= 0.3 is 0 Å². The summed E-state index contributed by atoms with van der Waals surface area (Å²) in [7, 11) is 0. The molecule has 1 aliphatic heterocycles. The van der Waals surface area contributed by atoms with Crippen molar-refractivity contribution < 1.29 is 0 Å². The van der Waals surface area contributed by atoms with Crippen LogP contribution in [-0.4, -0.2) is 17.7 Å². The minimum Gasteiger partial charge on any atom is -0.263 e. The van der Waals surface area contributed by atoms with E-state index in [4.69, 9.17) is 11.6 Å². The zero-order chi connectivity index (χ0) is 4.41. The van der Waals surface area contributed by atoms with Gasteiger partial charge in [-0.3, -0.25) is 4.72 Å². The molecular weight excluding hydrogens is 118 g/mol.